The van der Waals surface area contributed by atoms with Crippen molar-refractivity contribution in [3.63, 3.8) is 0 Å². The van der Waals surface area contributed by atoms with Crippen molar-refractivity contribution in [2.24, 2.45) is 22.2 Å². The van der Waals surface area contributed by atoms with E-state index in [1.807, 2.05) is 27.7 Å². The summed E-state index contributed by atoms with van der Waals surface area (Å²) < 4.78 is 5.62. The van der Waals surface area contributed by atoms with Gasteiger partial charge in [-0.25, -0.2) is 0 Å². The van der Waals surface area contributed by atoms with Crippen LogP contribution in [-0.2, 0) is 14.3 Å². The quantitative estimate of drug-likeness (QED) is 0.627. The first-order valence-electron chi connectivity index (χ1n) is 6.84. The summed E-state index contributed by atoms with van der Waals surface area (Å²) in [6, 6.07) is 2.29. The summed E-state index contributed by atoms with van der Waals surface area (Å²) in [6.45, 7) is 7.67. The highest BCUT2D eigenvalue weighted by atomic mass is 16.6. The molecule has 2 aliphatic carbocycles. The van der Waals surface area contributed by atoms with Gasteiger partial charge in [0.15, 0.2) is 0 Å². The number of Topliss-reactive ketones (excluding diaryl/α,β-unsaturated/α-hetero) is 1. The molecule has 4 atom stereocenters. The van der Waals surface area contributed by atoms with Crippen molar-refractivity contribution in [1.29, 1.82) is 5.26 Å². The zero-order valence-electron chi connectivity index (χ0n) is 11.9. The van der Waals surface area contributed by atoms with Crippen LogP contribution in [0.3, 0.4) is 0 Å². The minimum Gasteiger partial charge on any atom is -0.458 e. The van der Waals surface area contributed by atoms with Crippen molar-refractivity contribution >= 4 is 11.8 Å². The summed E-state index contributed by atoms with van der Waals surface area (Å²) in [4.78, 5) is 25.2. The fraction of sp³-hybridized carbons (Fsp3) is 0.800. The third-order valence-corrected chi connectivity index (χ3v) is 6.36. The van der Waals surface area contributed by atoms with Crippen molar-refractivity contribution in [1.82, 2.24) is 0 Å². The van der Waals surface area contributed by atoms with Crippen molar-refractivity contribution in [2.75, 3.05) is 0 Å². The van der Waals surface area contributed by atoms with Crippen molar-refractivity contribution < 1.29 is 14.3 Å². The van der Waals surface area contributed by atoms with E-state index in [0.717, 1.165) is 0 Å². The summed E-state index contributed by atoms with van der Waals surface area (Å²) >= 11 is 0. The van der Waals surface area contributed by atoms with Crippen LogP contribution in [0.25, 0.3) is 0 Å². The molecule has 3 rings (SSSR count). The number of nitriles is 1. The number of ether oxygens (including phenoxy) is 1. The predicted octanol–water partition coefficient (Wildman–Crippen LogP) is 2.23. The van der Waals surface area contributed by atoms with Crippen LogP contribution in [0.4, 0.5) is 0 Å². The van der Waals surface area contributed by atoms with Gasteiger partial charge in [0, 0.05) is 12.8 Å². The van der Waals surface area contributed by atoms with Crippen LogP contribution in [0.2, 0.25) is 0 Å². The molecule has 0 radical (unpaired) electrons. The second kappa shape index (κ2) is 3.03. The van der Waals surface area contributed by atoms with Gasteiger partial charge in [0.05, 0.1) is 17.4 Å². The standard InChI is InChI=1S/C15H19NO3/c1-12(2)6-5-10(17)14(4)13(3)7-9(8-16)15(12,14)11(18)19-13/h9H,5-7H2,1-4H3/t9-,13+,14+,15+/m1/s1. The number of carbonyl (C=O) groups excluding carboxylic acids is 2. The topological polar surface area (TPSA) is 67.2 Å². The first kappa shape index (κ1) is 12.7. The van der Waals surface area contributed by atoms with Gasteiger partial charge in [-0.1, -0.05) is 13.8 Å². The number of carbonyl (C=O) groups is 2. The molecule has 4 heteroatoms. The van der Waals surface area contributed by atoms with Crippen LogP contribution in [0.5, 0.6) is 0 Å². The third-order valence-electron chi connectivity index (χ3n) is 6.36. The van der Waals surface area contributed by atoms with E-state index >= 15 is 0 Å². The smallest absolute Gasteiger partial charge is 0.315 e. The fourth-order valence-corrected chi connectivity index (χ4v) is 5.24. The zero-order chi connectivity index (χ0) is 14.3. The van der Waals surface area contributed by atoms with Crippen LogP contribution < -0.4 is 0 Å². The molecule has 19 heavy (non-hydrogen) atoms. The lowest BCUT2D eigenvalue weighted by atomic mass is 9.45. The highest BCUT2D eigenvalue weighted by Gasteiger charge is 2.86. The van der Waals surface area contributed by atoms with Crippen molar-refractivity contribution in [3.8, 4) is 6.07 Å². The first-order valence-corrected chi connectivity index (χ1v) is 6.84. The molecule has 0 amide bonds. The third kappa shape index (κ3) is 0.937. The minimum absolute atomic E-state index is 0.0814. The molecule has 0 spiro atoms. The lowest BCUT2D eigenvalue weighted by Gasteiger charge is -2.52. The number of hydrogen-bond donors (Lipinski definition) is 0. The van der Waals surface area contributed by atoms with Crippen LogP contribution in [0, 0.1) is 33.5 Å². The SMILES string of the molecule is CC1(C)CCC(=O)[C@@]2(C)[C@]3(C)C[C@H](C#N)[C@]12C(=O)O3. The van der Waals surface area contributed by atoms with Crippen LogP contribution in [0.1, 0.15) is 47.0 Å². The Kier molecular flexibility index (Phi) is 2.02. The summed E-state index contributed by atoms with van der Waals surface area (Å²) in [5.41, 5.74) is -3.04. The molecule has 1 saturated heterocycles. The molecule has 0 aromatic rings. The number of ketones is 1. The molecule has 1 heterocycles. The second-order valence-corrected chi connectivity index (χ2v) is 7.25. The summed E-state index contributed by atoms with van der Waals surface area (Å²) in [5.74, 6) is -0.686. The lowest BCUT2D eigenvalue weighted by molar-refractivity contribution is -0.171. The summed E-state index contributed by atoms with van der Waals surface area (Å²) in [5, 5.41) is 9.52. The van der Waals surface area contributed by atoms with Crippen LogP contribution >= 0.6 is 0 Å². The monoisotopic (exact) mass is 261 g/mol. The fourth-order valence-electron chi connectivity index (χ4n) is 5.24. The molecular weight excluding hydrogens is 242 g/mol. The van der Waals surface area contributed by atoms with E-state index in [-0.39, 0.29) is 17.2 Å². The Hall–Kier alpha value is -1.37. The van der Waals surface area contributed by atoms with E-state index in [1.165, 1.54) is 0 Å². The van der Waals surface area contributed by atoms with Crippen molar-refractivity contribution in [3.05, 3.63) is 0 Å². The van der Waals surface area contributed by atoms with E-state index < -0.39 is 22.3 Å². The second-order valence-electron chi connectivity index (χ2n) is 7.25. The zero-order valence-corrected chi connectivity index (χ0v) is 11.9. The Morgan fingerprint density at radius 3 is 2.47 bits per heavy atom. The molecule has 0 unspecified atom stereocenters. The molecule has 4 nitrogen and oxygen atoms in total. The van der Waals surface area contributed by atoms with E-state index in [0.29, 0.717) is 19.3 Å². The molecule has 0 aromatic carbocycles. The molecule has 2 bridgehead atoms. The highest BCUT2D eigenvalue weighted by molar-refractivity contribution is 6.00. The van der Waals surface area contributed by atoms with Gasteiger partial charge in [-0.3, -0.25) is 9.59 Å². The van der Waals surface area contributed by atoms with Gasteiger partial charge >= 0.3 is 5.97 Å². The van der Waals surface area contributed by atoms with E-state index in [1.54, 1.807) is 0 Å². The molecule has 1 aliphatic heterocycles. The van der Waals surface area contributed by atoms with Gasteiger partial charge in [-0.05, 0) is 25.7 Å². The number of rotatable bonds is 0. The maximum atomic E-state index is 12.6. The molecular formula is C15H19NO3. The average Bonchev–Trinajstić information content (AvgIpc) is 2.64. The van der Waals surface area contributed by atoms with Gasteiger partial charge < -0.3 is 4.74 Å². The Balaban J connectivity index is 2.38. The van der Waals surface area contributed by atoms with Gasteiger partial charge in [-0.15, -0.1) is 0 Å². The van der Waals surface area contributed by atoms with Crippen molar-refractivity contribution in [2.45, 2.75) is 52.6 Å². The molecule has 0 N–H and O–H groups in total. The first-order chi connectivity index (χ1) is 8.67. The Labute approximate surface area is 113 Å². The van der Waals surface area contributed by atoms with Crippen LogP contribution in [0.15, 0.2) is 0 Å². The molecule has 3 aliphatic rings. The number of nitrogens with zero attached hydrogens (tertiary/aromatic N) is 1. The largest absolute Gasteiger partial charge is 0.458 e. The van der Waals surface area contributed by atoms with Gasteiger partial charge in [-0.2, -0.15) is 5.26 Å². The number of esters is 1. The predicted molar refractivity (Wildman–Crippen MR) is 66.8 cm³/mol. The Morgan fingerprint density at radius 1 is 1.26 bits per heavy atom. The van der Waals surface area contributed by atoms with Gasteiger partial charge in [0.2, 0.25) is 0 Å². The summed E-state index contributed by atoms with van der Waals surface area (Å²) in [6.07, 6.45) is 1.58. The normalized spacial score (nSPS) is 50.6. The lowest BCUT2D eigenvalue weighted by Crippen LogP contribution is -2.60. The van der Waals surface area contributed by atoms with E-state index in [4.69, 9.17) is 4.74 Å². The summed E-state index contributed by atoms with van der Waals surface area (Å²) in [7, 11) is 0. The Morgan fingerprint density at radius 2 is 1.89 bits per heavy atom. The van der Waals surface area contributed by atoms with E-state index in [9.17, 15) is 14.9 Å². The minimum atomic E-state index is -0.973. The molecule has 3 fully saturated rings. The van der Waals surface area contributed by atoms with E-state index in [2.05, 4.69) is 6.07 Å². The maximum absolute atomic E-state index is 12.6. The molecule has 0 aromatic heterocycles. The molecule has 2 saturated carbocycles. The maximum Gasteiger partial charge on any atom is 0.315 e. The van der Waals surface area contributed by atoms with Gasteiger partial charge in [0.25, 0.3) is 0 Å². The van der Waals surface area contributed by atoms with Crippen LogP contribution in [-0.4, -0.2) is 17.4 Å². The number of hydrogen-bond acceptors (Lipinski definition) is 4. The Bertz CT molecular complexity index is 546. The molecule has 102 valence electrons. The average molecular weight is 261 g/mol. The highest BCUT2D eigenvalue weighted by Crippen LogP contribution is 2.76. The van der Waals surface area contributed by atoms with Gasteiger partial charge in [0.1, 0.15) is 16.8 Å².